The van der Waals surface area contributed by atoms with E-state index in [1.807, 2.05) is 6.92 Å². The largest absolute Gasteiger partial charge is 0.329 e. The first-order valence-corrected chi connectivity index (χ1v) is 4.99. The molecule has 0 aliphatic rings. The van der Waals surface area contributed by atoms with Gasteiger partial charge >= 0.3 is 0 Å². The lowest BCUT2D eigenvalue weighted by Crippen LogP contribution is -2.29. The van der Waals surface area contributed by atoms with E-state index in [4.69, 9.17) is 5.73 Å². The topological polar surface area (TPSA) is 38.0 Å². The minimum Gasteiger partial charge on any atom is -0.329 e. The second-order valence-corrected chi connectivity index (χ2v) is 3.49. The quantitative estimate of drug-likeness (QED) is 0.725. The zero-order valence-electron chi connectivity index (χ0n) is 8.96. The molecule has 0 fully saturated rings. The first kappa shape index (κ1) is 11.9. The fourth-order valence-electron chi connectivity index (χ4n) is 1.53. The van der Waals surface area contributed by atoms with Crippen LogP contribution < -0.4 is 11.1 Å². The molecule has 0 saturated heterocycles. The van der Waals surface area contributed by atoms with Gasteiger partial charge in [-0.25, -0.2) is 4.39 Å². The van der Waals surface area contributed by atoms with E-state index in [1.165, 1.54) is 12.1 Å². The Morgan fingerprint density at radius 3 is 2.93 bits per heavy atom. The molecule has 0 bridgehead atoms. The van der Waals surface area contributed by atoms with E-state index in [1.54, 1.807) is 12.1 Å². The average Bonchev–Trinajstić information content (AvgIpc) is 2.24. The SMILES string of the molecule is C=CCNC(CN)c1cc(F)ccc1C. The summed E-state index contributed by atoms with van der Waals surface area (Å²) < 4.78 is 13.1. The lowest BCUT2D eigenvalue weighted by Gasteiger charge is -2.18. The smallest absolute Gasteiger partial charge is 0.123 e. The minimum atomic E-state index is -0.227. The van der Waals surface area contributed by atoms with Gasteiger partial charge in [0.1, 0.15) is 5.82 Å². The summed E-state index contributed by atoms with van der Waals surface area (Å²) in [7, 11) is 0. The number of hydrogen-bond donors (Lipinski definition) is 2. The van der Waals surface area contributed by atoms with Crippen LogP contribution in [0.2, 0.25) is 0 Å². The molecule has 3 N–H and O–H groups in total. The Balaban J connectivity index is 2.89. The fraction of sp³-hybridized carbons (Fsp3) is 0.333. The zero-order valence-corrected chi connectivity index (χ0v) is 8.96. The number of rotatable bonds is 5. The highest BCUT2D eigenvalue weighted by atomic mass is 19.1. The van der Waals surface area contributed by atoms with E-state index in [9.17, 15) is 4.39 Å². The number of nitrogens with two attached hydrogens (primary N) is 1. The van der Waals surface area contributed by atoms with Crippen molar-refractivity contribution in [2.75, 3.05) is 13.1 Å². The van der Waals surface area contributed by atoms with Gasteiger partial charge in [0.05, 0.1) is 0 Å². The van der Waals surface area contributed by atoms with Crippen LogP contribution in [0.25, 0.3) is 0 Å². The Bertz CT molecular complexity index is 336. The van der Waals surface area contributed by atoms with Gasteiger partial charge in [-0.15, -0.1) is 6.58 Å². The van der Waals surface area contributed by atoms with E-state index in [0.717, 1.165) is 11.1 Å². The van der Waals surface area contributed by atoms with Crippen molar-refractivity contribution in [2.45, 2.75) is 13.0 Å². The standard InChI is InChI=1S/C12H17FN2/c1-3-6-15-12(8-14)11-7-10(13)5-4-9(11)2/h3-5,7,12,15H,1,6,8,14H2,2H3. The highest BCUT2D eigenvalue weighted by Crippen LogP contribution is 2.17. The van der Waals surface area contributed by atoms with E-state index < -0.39 is 0 Å². The van der Waals surface area contributed by atoms with Gasteiger partial charge in [-0.05, 0) is 30.2 Å². The number of halogens is 1. The van der Waals surface area contributed by atoms with Gasteiger partial charge < -0.3 is 11.1 Å². The van der Waals surface area contributed by atoms with Gasteiger partial charge in [0.15, 0.2) is 0 Å². The summed E-state index contributed by atoms with van der Waals surface area (Å²) >= 11 is 0. The van der Waals surface area contributed by atoms with Crippen molar-refractivity contribution < 1.29 is 4.39 Å². The van der Waals surface area contributed by atoms with Crippen molar-refractivity contribution in [3.05, 3.63) is 47.8 Å². The summed E-state index contributed by atoms with van der Waals surface area (Å²) in [5.41, 5.74) is 7.61. The first-order valence-electron chi connectivity index (χ1n) is 4.99. The molecule has 0 spiro atoms. The molecule has 0 amide bonds. The summed E-state index contributed by atoms with van der Waals surface area (Å²) in [4.78, 5) is 0. The Morgan fingerprint density at radius 2 is 2.33 bits per heavy atom. The molecule has 1 atom stereocenters. The third-order valence-corrected chi connectivity index (χ3v) is 2.36. The molecule has 1 unspecified atom stereocenters. The number of hydrogen-bond acceptors (Lipinski definition) is 2. The van der Waals surface area contributed by atoms with E-state index in [2.05, 4.69) is 11.9 Å². The van der Waals surface area contributed by atoms with E-state index in [-0.39, 0.29) is 11.9 Å². The van der Waals surface area contributed by atoms with Gasteiger partial charge in [0.25, 0.3) is 0 Å². The minimum absolute atomic E-state index is 0.0151. The third-order valence-electron chi connectivity index (χ3n) is 2.36. The van der Waals surface area contributed by atoms with Gasteiger partial charge in [-0.2, -0.15) is 0 Å². The van der Waals surface area contributed by atoms with Crippen molar-refractivity contribution in [3.63, 3.8) is 0 Å². The lowest BCUT2D eigenvalue weighted by molar-refractivity contribution is 0.564. The van der Waals surface area contributed by atoms with Crippen LogP contribution in [0.15, 0.2) is 30.9 Å². The molecular formula is C12H17FN2. The molecular weight excluding hydrogens is 191 g/mol. The predicted molar refractivity (Wildman–Crippen MR) is 61.1 cm³/mol. The Labute approximate surface area is 90.0 Å². The first-order chi connectivity index (χ1) is 7.19. The number of aryl methyl sites for hydroxylation is 1. The molecule has 2 nitrogen and oxygen atoms in total. The molecule has 82 valence electrons. The molecule has 1 aromatic rings. The molecule has 1 rings (SSSR count). The van der Waals surface area contributed by atoms with Crippen molar-refractivity contribution in [3.8, 4) is 0 Å². The molecule has 0 aromatic heterocycles. The molecule has 0 aliphatic heterocycles. The van der Waals surface area contributed by atoms with Gasteiger partial charge in [0.2, 0.25) is 0 Å². The monoisotopic (exact) mass is 208 g/mol. The van der Waals surface area contributed by atoms with E-state index in [0.29, 0.717) is 13.1 Å². The Kier molecular flexibility index (Phi) is 4.46. The van der Waals surface area contributed by atoms with Crippen LogP contribution in [0.5, 0.6) is 0 Å². The second-order valence-electron chi connectivity index (χ2n) is 3.49. The van der Waals surface area contributed by atoms with Crippen molar-refractivity contribution in [2.24, 2.45) is 5.73 Å². The molecule has 1 aromatic carbocycles. The highest BCUT2D eigenvalue weighted by Gasteiger charge is 2.11. The number of nitrogens with one attached hydrogen (secondary N) is 1. The van der Waals surface area contributed by atoms with Crippen LogP contribution in [-0.4, -0.2) is 13.1 Å². The summed E-state index contributed by atoms with van der Waals surface area (Å²) in [6.07, 6.45) is 1.76. The second kappa shape index (κ2) is 5.63. The summed E-state index contributed by atoms with van der Waals surface area (Å²) in [6.45, 7) is 6.68. The summed E-state index contributed by atoms with van der Waals surface area (Å²) in [5.74, 6) is -0.227. The maximum Gasteiger partial charge on any atom is 0.123 e. The van der Waals surface area contributed by atoms with Crippen molar-refractivity contribution in [1.29, 1.82) is 0 Å². The molecule has 0 heterocycles. The van der Waals surface area contributed by atoms with Crippen molar-refractivity contribution in [1.82, 2.24) is 5.32 Å². The van der Waals surface area contributed by atoms with Crippen LogP contribution in [0.1, 0.15) is 17.2 Å². The lowest BCUT2D eigenvalue weighted by atomic mass is 10.0. The van der Waals surface area contributed by atoms with Gasteiger partial charge in [-0.3, -0.25) is 0 Å². The van der Waals surface area contributed by atoms with Crippen LogP contribution in [-0.2, 0) is 0 Å². The van der Waals surface area contributed by atoms with Gasteiger partial charge in [-0.1, -0.05) is 12.1 Å². The molecule has 3 heteroatoms. The Hall–Kier alpha value is -1.19. The molecule has 0 radical (unpaired) electrons. The predicted octanol–water partition coefficient (Wildman–Crippen LogP) is 1.91. The maximum atomic E-state index is 13.1. The summed E-state index contributed by atoms with van der Waals surface area (Å²) in [5, 5.41) is 3.19. The molecule has 0 saturated carbocycles. The maximum absolute atomic E-state index is 13.1. The number of benzene rings is 1. The van der Waals surface area contributed by atoms with E-state index >= 15 is 0 Å². The highest BCUT2D eigenvalue weighted by molar-refractivity contribution is 5.29. The van der Waals surface area contributed by atoms with Crippen molar-refractivity contribution >= 4 is 0 Å². The molecule has 15 heavy (non-hydrogen) atoms. The zero-order chi connectivity index (χ0) is 11.3. The van der Waals surface area contributed by atoms with Gasteiger partial charge in [0, 0.05) is 19.1 Å². The normalized spacial score (nSPS) is 12.5. The fourth-order valence-corrected chi connectivity index (χ4v) is 1.53. The average molecular weight is 208 g/mol. The van der Waals surface area contributed by atoms with Crippen LogP contribution in [0.3, 0.4) is 0 Å². The Morgan fingerprint density at radius 1 is 1.60 bits per heavy atom. The molecule has 0 aliphatic carbocycles. The van der Waals surface area contributed by atoms with Crippen LogP contribution in [0.4, 0.5) is 4.39 Å². The van der Waals surface area contributed by atoms with Crippen LogP contribution in [0, 0.1) is 12.7 Å². The summed E-state index contributed by atoms with van der Waals surface area (Å²) in [6, 6.07) is 4.74. The third kappa shape index (κ3) is 3.15. The van der Waals surface area contributed by atoms with Crippen LogP contribution >= 0.6 is 0 Å².